The molecule has 0 aliphatic carbocycles. The van der Waals surface area contributed by atoms with Crippen LogP contribution in [0.4, 0.5) is 5.69 Å². The van der Waals surface area contributed by atoms with Gasteiger partial charge in [-0.05, 0) is 55.0 Å². The number of fused-ring (bicyclic) bond motifs is 1. The lowest BCUT2D eigenvalue weighted by molar-refractivity contribution is 0.0540. The van der Waals surface area contributed by atoms with E-state index in [0.717, 1.165) is 38.0 Å². The van der Waals surface area contributed by atoms with Crippen LogP contribution in [0.25, 0.3) is 0 Å². The Labute approximate surface area is 176 Å². The molecule has 0 radical (unpaired) electrons. The third-order valence-electron chi connectivity index (χ3n) is 6.40. The van der Waals surface area contributed by atoms with E-state index < -0.39 is 0 Å². The third-order valence-corrected chi connectivity index (χ3v) is 6.40. The van der Waals surface area contributed by atoms with E-state index in [1.54, 1.807) is 7.11 Å². The van der Waals surface area contributed by atoms with Gasteiger partial charge in [0, 0.05) is 25.4 Å². The highest BCUT2D eigenvalue weighted by Gasteiger charge is 2.41. The molecule has 0 N–H and O–H groups in total. The topological polar surface area (TPSA) is 60.6 Å². The smallest absolute Gasteiger partial charge is 0.235 e. The highest BCUT2D eigenvalue weighted by Crippen LogP contribution is 2.41. The Hall–Kier alpha value is -2.86. The summed E-state index contributed by atoms with van der Waals surface area (Å²) < 4.78 is 17.3. The fraction of sp³-hybridized carbons (Fsp3) is 0.417. The van der Waals surface area contributed by atoms with E-state index in [4.69, 9.17) is 13.9 Å². The first-order chi connectivity index (χ1) is 14.8. The van der Waals surface area contributed by atoms with Crippen molar-refractivity contribution >= 4 is 5.69 Å². The van der Waals surface area contributed by atoms with Gasteiger partial charge in [-0.1, -0.05) is 30.3 Å². The van der Waals surface area contributed by atoms with Crippen molar-refractivity contribution in [1.29, 1.82) is 0 Å². The second-order valence-corrected chi connectivity index (χ2v) is 8.08. The van der Waals surface area contributed by atoms with Crippen LogP contribution in [0, 0.1) is 0 Å². The van der Waals surface area contributed by atoms with E-state index in [9.17, 15) is 0 Å². The fourth-order valence-corrected chi connectivity index (χ4v) is 4.71. The number of rotatable bonds is 5. The summed E-state index contributed by atoms with van der Waals surface area (Å²) in [6.07, 6.45) is 3.93. The number of aromatic nitrogens is 2. The predicted octanol–water partition coefficient (Wildman–Crippen LogP) is 4.13. The molecule has 5 rings (SSSR count). The lowest BCUT2D eigenvalue weighted by Gasteiger charge is -2.34. The Morgan fingerprint density at radius 3 is 2.63 bits per heavy atom. The van der Waals surface area contributed by atoms with E-state index in [0.29, 0.717) is 31.5 Å². The molecule has 0 atom stereocenters. The summed E-state index contributed by atoms with van der Waals surface area (Å²) in [7, 11) is 1.68. The van der Waals surface area contributed by atoms with Gasteiger partial charge in [-0.15, -0.1) is 10.2 Å². The molecule has 1 fully saturated rings. The molecule has 3 heterocycles. The van der Waals surface area contributed by atoms with E-state index in [-0.39, 0.29) is 5.41 Å². The summed E-state index contributed by atoms with van der Waals surface area (Å²) in [6, 6.07) is 16.8. The maximum absolute atomic E-state index is 6.30. The van der Waals surface area contributed by atoms with Crippen molar-refractivity contribution in [2.45, 2.75) is 37.6 Å². The summed E-state index contributed by atoms with van der Waals surface area (Å²) in [6.45, 7) is 3.01. The van der Waals surface area contributed by atoms with Crippen LogP contribution in [-0.4, -0.2) is 37.1 Å². The number of nitrogens with zero attached hydrogens (tertiary/aromatic N) is 3. The Bertz CT molecular complexity index is 993. The van der Waals surface area contributed by atoms with Crippen molar-refractivity contribution in [1.82, 2.24) is 10.2 Å². The Morgan fingerprint density at radius 2 is 1.83 bits per heavy atom. The summed E-state index contributed by atoms with van der Waals surface area (Å²) in [5, 5.41) is 8.96. The molecule has 6 nitrogen and oxygen atoms in total. The van der Waals surface area contributed by atoms with E-state index in [2.05, 4.69) is 51.5 Å². The summed E-state index contributed by atoms with van der Waals surface area (Å²) >= 11 is 0. The van der Waals surface area contributed by atoms with Crippen LogP contribution in [0.3, 0.4) is 0 Å². The highest BCUT2D eigenvalue weighted by molar-refractivity contribution is 5.55. The Kier molecular flexibility index (Phi) is 5.17. The zero-order valence-electron chi connectivity index (χ0n) is 17.3. The van der Waals surface area contributed by atoms with Gasteiger partial charge in [0.05, 0.1) is 19.1 Å². The highest BCUT2D eigenvalue weighted by atomic mass is 16.5. The number of aryl methyl sites for hydroxylation is 1. The van der Waals surface area contributed by atoms with Gasteiger partial charge in [-0.3, -0.25) is 0 Å². The molecule has 3 aromatic rings. The standard InChI is InChI=1S/C24H27N3O3/c1-28-20-10-8-19(9-11-20)24(12-15-29-16-13-24)23-26-25-22(30-23)17-27-14-4-6-18-5-2-3-7-21(18)27/h2-3,5,7-11H,4,6,12-17H2,1H3. The van der Waals surface area contributed by atoms with Crippen LogP contribution >= 0.6 is 0 Å². The molecule has 2 aliphatic rings. The van der Waals surface area contributed by atoms with Crippen LogP contribution in [0.15, 0.2) is 52.9 Å². The molecule has 2 aliphatic heterocycles. The molecule has 1 saturated heterocycles. The zero-order chi connectivity index (χ0) is 20.4. The maximum atomic E-state index is 6.30. The van der Waals surface area contributed by atoms with Crippen molar-refractivity contribution in [3.05, 3.63) is 71.4 Å². The van der Waals surface area contributed by atoms with E-state index >= 15 is 0 Å². The van der Waals surface area contributed by atoms with E-state index in [1.807, 2.05) is 12.1 Å². The second-order valence-electron chi connectivity index (χ2n) is 8.08. The molecule has 0 saturated carbocycles. The van der Waals surface area contributed by atoms with Crippen LogP contribution in [-0.2, 0) is 23.1 Å². The monoisotopic (exact) mass is 405 g/mol. The number of benzene rings is 2. The largest absolute Gasteiger partial charge is 0.497 e. The van der Waals surface area contributed by atoms with Gasteiger partial charge in [0.1, 0.15) is 5.75 Å². The number of anilines is 1. The second kappa shape index (κ2) is 8.11. The zero-order valence-corrected chi connectivity index (χ0v) is 17.3. The number of hydrogen-bond donors (Lipinski definition) is 0. The van der Waals surface area contributed by atoms with Gasteiger partial charge < -0.3 is 18.8 Å². The molecular formula is C24H27N3O3. The van der Waals surface area contributed by atoms with Crippen LogP contribution in [0.1, 0.15) is 42.2 Å². The number of methoxy groups -OCH3 is 1. The van der Waals surface area contributed by atoms with Crippen LogP contribution in [0.5, 0.6) is 5.75 Å². The molecule has 30 heavy (non-hydrogen) atoms. The molecule has 0 spiro atoms. The van der Waals surface area contributed by atoms with E-state index in [1.165, 1.54) is 16.8 Å². The molecular weight excluding hydrogens is 378 g/mol. The lowest BCUT2D eigenvalue weighted by atomic mass is 9.74. The molecule has 0 amide bonds. The van der Waals surface area contributed by atoms with Crippen molar-refractivity contribution in [2.75, 3.05) is 31.8 Å². The van der Waals surface area contributed by atoms with Gasteiger partial charge in [0.25, 0.3) is 0 Å². The lowest BCUT2D eigenvalue weighted by Crippen LogP contribution is -2.35. The molecule has 2 aromatic carbocycles. The average Bonchev–Trinajstić information content (AvgIpc) is 3.29. The molecule has 0 unspecified atom stereocenters. The summed E-state index contributed by atoms with van der Waals surface area (Å²) in [4.78, 5) is 2.35. The van der Waals surface area contributed by atoms with Gasteiger partial charge >= 0.3 is 0 Å². The molecule has 156 valence electrons. The van der Waals surface area contributed by atoms with Gasteiger partial charge in [0.2, 0.25) is 11.8 Å². The normalized spacial score (nSPS) is 18.1. The molecule has 6 heteroatoms. The maximum Gasteiger partial charge on any atom is 0.235 e. The Balaban J connectivity index is 1.43. The van der Waals surface area contributed by atoms with Gasteiger partial charge in [-0.25, -0.2) is 0 Å². The van der Waals surface area contributed by atoms with Gasteiger partial charge in [-0.2, -0.15) is 0 Å². The van der Waals surface area contributed by atoms with Crippen LogP contribution < -0.4 is 9.64 Å². The minimum Gasteiger partial charge on any atom is -0.497 e. The van der Waals surface area contributed by atoms with Crippen LogP contribution in [0.2, 0.25) is 0 Å². The quantitative estimate of drug-likeness (QED) is 0.636. The molecule has 0 bridgehead atoms. The first-order valence-corrected chi connectivity index (χ1v) is 10.7. The summed E-state index contributed by atoms with van der Waals surface area (Å²) in [5.41, 5.74) is 3.53. The number of ether oxygens (including phenoxy) is 2. The fourth-order valence-electron chi connectivity index (χ4n) is 4.71. The first kappa shape index (κ1) is 19.1. The van der Waals surface area contributed by atoms with Crippen molar-refractivity contribution in [2.24, 2.45) is 0 Å². The van der Waals surface area contributed by atoms with Gasteiger partial charge in [0.15, 0.2) is 0 Å². The first-order valence-electron chi connectivity index (χ1n) is 10.7. The van der Waals surface area contributed by atoms with Crippen molar-refractivity contribution < 1.29 is 13.9 Å². The van der Waals surface area contributed by atoms with Crippen molar-refractivity contribution in [3.63, 3.8) is 0 Å². The molecule has 1 aromatic heterocycles. The number of hydrogen-bond acceptors (Lipinski definition) is 6. The third kappa shape index (κ3) is 3.45. The minimum atomic E-state index is -0.310. The summed E-state index contributed by atoms with van der Waals surface area (Å²) in [5.74, 6) is 2.20. The predicted molar refractivity (Wildman–Crippen MR) is 114 cm³/mol. The average molecular weight is 405 g/mol. The Morgan fingerprint density at radius 1 is 1.03 bits per heavy atom. The minimum absolute atomic E-state index is 0.310. The van der Waals surface area contributed by atoms with Crippen molar-refractivity contribution in [3.8, 4) is 5.75 Å². The number of para-hydroxylation sites is 1. The SMILES string of the molecule is COc1ccc(C2(c3nnc(CN4CCCc5ccccc54)o3)CCOCC2)cc1.